The molecule has 5 N–H and O–H groups in total. The largest absolute Gasteiger partial charge is 0.445 e. The second kappa shape index (κ2) is 15.9. The normalized spacial score (nSPS) is 11.4. The molecule has 0 aliphatic heterocycles. The fraction of sp³-hybridized carbons (Fsp3) is 0.276. The summed E-state index contributed by atoms with van der Waals surface area (Å²) < 4.78 is 32.1. The lowest BCUT2D eigenvalue weighted by molar-refractivity contribution is 0.154. The number of amidine groups is 1. The molecular weight excluding hydrogens is 639 g/mol. The molecule has 0 fully saturated rings. The van der Waals surface area contributed by atoms with Crippen LogP contribution in [-0.2, 0) is 21.2 Å². The van der Waals surface area contributed by atoms with Gasteiger partial charge in [-0.1, -0.05) is 96.2 Å². The van der Waals surface area contributed by atoms with Crippen molar-refractivity contribution in [1.29, 1.82) is 5.41 Å². The van der Waals surface area contributed by atoms with Gasteiger partial charge in [0, 0.05) is 17.7 Å². The number of carbonyl (C=O) groups excluding carboxylic acids is 2. The maximum atomic E-state index is 12.2. The lowest BCUT2D eigenvalue weighted by Gasteiger charge is -2.13. The van der Waals surface area contributed by atoms with Gasteiger partial charge in [-0.15, -0.1) is 0 Å². The van der Waals surface area contributed by atoms with Gasteiger partial charge >= 0.3 is 12.2 Å². The van der Waals surface area contributed by atoms with E-state index in [1.807, 2.05) is 12.1 Å². The number of alkyl halides is 3. The highest BCUT2D eigenvalue weighted by Gasteiger charge is 2.22. The summed E-state index contributed by atoms with van der Waals surface area (Å²) in [6, 6.07) is 20.2. The molecule has 3 aromatic carbocycles. The summed E-state index contributed by atoms with van der Waals surface area (Å²) in [7, 11) is -3.89. The van der Waals surface area contributed by atoms with Crippen molar-refractivity contribution in [3.8, 4) is 16.9 Å². The van der Waals surface area contributed by atoms with E-state index in [-0.39, 0.29) is 10.7 Å². The third-order valence-electron chi connectivity index (χ3n) is 6.04. The average molecular weight is 670 g/mol. The van der Waals surface area contributed by atoms with Crippen molar-refractivity contribution in [2.45, 2.75) is 40.8 Å². The predicted molar refractivity (Wildman–Crippen MR) is 167 cm³/mol. The molecular formula is C29H31Cl3N4O6S. The SMILES string of the molecule is N=C(NC(=O)OCC(Cl)(Cl)Cl)c1cccc(CCCCCCNC(=O)Oc2ccc(-c3ccccc3S(N)(=O)=O)cc2)c1. The number of ether oxygens (including phenoxy) is 2. The molecule has 0 radical (unpaired) electrons. The van der Waals surface area contributed by atoms with Gasteiger partial charge in [0.2, 0.25) is 13.8 Å². The molecule has 0 aliphatic carbocycles. The number of hydrogen-bond acceptors (Lipinski definition) is 7. The molecule has 0 saturated heterocycles. The molecule has 0 heterocycles. The molecule has 0 saturated carbocycles. The molecule has 3 rings (SSSR count). The summed E-state index contributed by atoms with van der Waals surface area (Å²) in [5.41, 5.74) is 2.62. The molecule has 2 amide bonds. The van der Waals surface area contributed by atoms with Crippen molar-refractivity contribution in [2.24, 2.45) is 5.14 Å². The topological polar surface area (TPSA) is 161 Å². The highest BCUT2D eigenvalue weighted by molar-refractivity contribution is 7.89. The summed E-state index contributed by atoms with van der Waals surface area (Å²) in [5, 5.41) is 18.4. The highest BCUT2D eigenvalue weighted by atomic mass is 35.6. The number of benzene rings is 3. The minimum atomic E-state index is -3.89. The van der Waals surface area contributed by atoms with Crippen LogP contribution in [0, 0.1) is 5.41 Å². The van der Waals surface area contributed by atoms with Gasteiger partial charge in [0.1, 0.15) is 18.2 Å². The van der Waals surface area contributed by atoms with Crippen molar-refractivity contribution < 1.29 is 27.5 Å². The minimum Gasteiger partial charge on any atom is -0.445 e. The number of unbranched alkanes of at least 4 members (excludes halogenated alkanes) is 3. The Morgan fingerprint density at radius 2 is 1.58 bits per heavy atom. The van der Waals surface area contributed by atoms with Crippen molar-refractivity contribution in [2.75, 3.05) is 13.2 Å². The van der Waals surface area contributed by atoms with E-state index in [9.17, 15) is 18.0 Å². The van der Waals surface area contributed by atoms with E-state index in [2.05, 4.69) is 10.6 Å². The Balaban J connectivity index is 1.34. The summed E-state index contributed by atoms with van der Waals surface area (Å²) in [6.07, 6.45) is 2.81. The van der Waals surface area contributed by atoms with Crippen molar-refractivity contribution in [3.05, 3.63) is 83.9 Å². The lowest BCUT2D eigenvalue weighted by atomic mass is 10.0. The number of sulfonamides is 1. The Morgan fingerprint density at radius 3 is 2.28 bits per heavy atom. The molecule has 0 unspecified atom stereocenters. The van der Waals surface area contributed by atoms with E-state index in [4.69, 9.17) is 54.8 Å². The van der Waals surface area contributed by atoms with E-state index in [0.29, 0.717) is 29.0 Å². The van der Waals surface area contributed by atoms with Gasteiger partial charge in [0.15, 0.2) is 0 Å². The standard InChI is InChI=1S/C29H31Cl3N4O6S/c30-29(31,32)19-41-28(38)36-26(33)22-10-7-9-20(18-22)8-3-1-2-6-17-35-27(37)42-23-15-13-21(14-16-23)24-11-4-5-12-25(24)43(34,39)40/h4-5,7,9-16,18H,1-3,6,8,17,19H2,(H,35,37)(H2,33,36,38)(H2,34,39,40). The second-order valence-corrected chi connectivity index (χ2v) is 13.5. The zero-order valence-electron chi connectivity index (χ0n) is 22.9. The Bertz CT molecular complexity index is 1530. The van der Waals surface area contributed by atoms with Gasteiger partial charge in [0.05, 0.1) is 4.90 Å². The van der Waals surface area contributed by atoms with Gasteiger partial charge in [-0.25, -0.2) is 23.1 Å². The molecule has 230 valence electrons. The van der Waals surface area contributed by atoms with Crippen LogP contribution in [0.2, 0.25) is 0 Å². The number of rotatable bonds is 12. The van der Waals surface area contributed by atoms with Crippen LogP contribution in [0.5, 0.6) is 5.75 Å². The van der Waals surface area contributed by atoms with E-state index in [0.717, 1.165) is 37.7 Å². The monoisotopic (exact) mass is 668 g/mol. The van der Waals surface area contributed by atoms with Gasteiger partial charge in [-0.3, -0.25) is 10.7 Å². The molecule has 0 aliphatic rings. The molecule has 0 spiro atoms. The second-order valence-electron chi connectivity index (χ2n) is 9.44. The first-order chi connectivity index (χ1) is 20.3. The first-order valence-electron chi connectivity index (χ1n) is 13.2. The van der Waals surface area contributed by atoms with Gasteiger partial charge in [0.25, 0.3) is 0 Å². The molecule has 0 atom stereocenters. The summed E-state index contributed by atoms with van der Waals surface area (Å²) in [6.45, 7) is 0.00965. The third-order valence-corrected chi connectivity index (χ3v) is 7.34. The molecule has 43 heavy (non-hydrogen) atoms. The Hall–Kier alpha value is -3.35. The summed E-state index contributed by atoms with van der Waals surface area (Å²) in [4.78, 5) is 24.0. The number of halogens is 3. The number of carbonyl (C=O) groups is 2. The zero-order valence-corrected chi connectivity index (χ0v) is 26.0. The Kier molecular flexibility index (Phi) is 12.6. The molecule has 14 heteroatoms. The zero-order chi connectivity index (χ0) is 31.5. The number of amides is 2. The van der Waals surface area contributed by atoms with Crippen LogP contribution in [0.1, 0.15) is 36.8 Å². The lowest BCUT2D eigenvalue weighted by Crippen LogP contribution is -2.33. The van der Waals surface area contributed by atoms with Crippen LogP contribution >= 0.6 is 34.8 Å². The number of alkyl carbamates (subject to hydrolysis) is 1. The molecule has 10 nitrogen and oxygen atoms in total. The summed E-state index contributed by atoms with van der Waals surface area (Å²) in [5.74, 6) is 0.192. The van der Waals surface area contributed by atoms with Crippen LogP contribution in [0.4, 0.5) is 9.59 Å². The van der Waals surface area contributed by atoms with Crippen molar-refractivity contribution >= 4 is 62.8 Å². The average Bonchev–Trinajstić information content (AvgIpc) is 2.95. The number of nitrogens with two attached hydrogens (primary N) is 1. The first kappa shape index (κ1) is 34.1. The van der Waals surface area contributed by atoms with E-state index < -0.39 is 32.6 Å². The van der Waals surface area contributed by atoms with Crippen LogP contribution in [0.15, 0.2) is 77.7 Å². The van der Waals surface area contributed by atoms with Crippen LogP contribution in [-0.4, -0.2) is 43.4 Å². The quantitative estimate of drug-likeness (QED) is 0.0765. The maximum Gasteiger partial charge on any atom is 0.412 e. The van der Waals surface area contributed by atoms with Crippen molar-refractivity contribution in [1.82, 2.24) is 10.6 Å². The highest BCUT2D eigenvalue weighted by Crippen LogP contribution is 2.28. The predicted octanol–water partition coefficient (Wildman–Crippen LogP) is 6.31. The minimum absolute atomic E-state index is 0.0162. The molecule has 0 aromatic heterocycles. The summed E-state index contributed by atoms with van der Waals surface area (Å²) >= 11 is 16.7. The fourth-order valence-corrected chi connectivity index (χ4v) is 4.96. The first-order valence-corrected chi connectivity index (χ1v) is 15.9. The third kappa shape index (κ3) is 12.0. The maximum absolute atomic E-state index is 12.2. The number of nitrogens with one attached hydrogen (secondary N) is 3. The van der Waals surface area contributed by atoms with Gasteiger partial charge in [-0.05, 0) is 54.7 Å². The smallest absolute Gasteiger partial charge is 0.412 e. The van der Waals surface area contributed by atoms with Crippen LogP contribution < -0.4 is 20.5 Å². The van der Waals surface area contributed by atoms with Crippen LogP contribution in [0.25, 0.3) is 11.1 Å². The Labute approximate surface area is 265 Å². The Morgan fingerprint density at radius 1 is 0.884 bits per heavy atom. The number of primary sulfonamides is 1. The van der Waals surface area contributed by atoms with Gasteiger partial charge in [-0.2, -0.15) is 0 Å². The van der Waals surface area contributed by atoms with Crippen LogP contribution in [0.3, 0.4) is 0 Å². The molecule has 0 bridgehead atoms. The van der Waals surface area contributed by atoms with Gasteiger partial charge < -0.3 is 14.8 Å². The number of hydrogen-bond donors (Lipinski definition) is 4. The van der Waals surface area contributed by atoms with E-state index in [1.165, 1.54) is 6.07 Å². The number of aryl methyl sites for hydroxylation is 1. The van der Waals surface area contributed by atoms with E-state index in [1.54, 1.807) is 54.6 Å². The fourth-order valence-electron chi connectivity index (χ4n) is 4.04. The van der Waals surface area contributed by atoms with Crippen molar-refractivity contribution in [3.63, 3.8) is 0 Å². The van der Waals surface area contributed by atoms with E-state index >= 15 is 0 Å². The molecule has 3 aromatic rings.